The number of nitrogens with one attached hydrogen (secondary N) is 1. The number of hydrogen-bond donors (Lipinski definition) is 1. The van der Waals surface area contributed by atoms with E-state index in [4.69, 9.17) is 4.74 Å². The minimum absolute atomic E-state index is 0.315. The number of carbonyl (C=O) groups is 2. The van der Waals surface area contributed by atoms with Gasteiger partial charge < -0.3 is 4.74 Å². The van der Waals surface area contributed by atoms with Crippen molar-refractivity contribution in [1.82, 2.24) is 5.32 Å². The van der Waals surface area contributed by atoms with Crippen LogP contribution in [0.25, 0.3) is 6.08 Å². The molecule has 1 aromatic carbocycles. The van der Waals surface area contributed by atoms with E-state index in [0.717, 1.165) is 17.3 Å². The molecule has 2 unspecified atom stereocenters. The maximum Gasteiger partial charge on any atom is 0.290 e. The van der Waals surface area contributed by atoms with Crippen molar-refractivity contribution < 1.29 is 18.7 Å². The number of benzene rings is 1. The molecule has 4 nitrogen and oxygen atoms in total. The van der Waals surface area contributed by atoms with Crippen LogP contribution < -0.4 is 10.1 Å². The molecule has 98 valence electrons. The topological polar surface area (TPSA) is 55.4 Å². The highest BCUT2D eigenvalue weighted by Crippen LogP contribution is 2.43. The van der Waals surface area contributed by atoms with Crippen LogP contribution in [0.5, 0.6) is 5.75 Å². The van der Waals surface area contributed by atoms with Crippen molar-refractivity contribution in [3.05, 3.63) is 34.2 Å². The highest BCUT2D eigenvalue weighted by atomic mass is 79.9. The Morgan fingerprint density at radius 2 is 2.21 bits per heavy atom. The number of fused-ring (bicyclic) bond motifs is 1. The number of alkyl halides is 2. The zero-order valence-corrected chi connectivity index (χ0v) is 11.8. The van der Waals surface area contributed by atoms with Crippen LogP contribution in [0.4, 0.5) is 9.18 Å². The van der Waals surface area contributed by atoms with Crippen molar-refractivity contribution in [3.63, 3.8) is 0 Å². The summed E-state index contributed by atoms with van der Waals surface area (Å²) < 4.78 is 18.4. The molecule has 0 spiro atoms. The average Bonchev–Trinajstić information content (AvgIpc) is 2.81. The van der Waals surface area contributed by atoms with Gasteiger partial charge in [-0.2, -0.15) is 0 Å². The van der Waals surface area contributed by atoms with Crippen molar-refractivity contribution in [2.75, 3.05) is 0 Å². The molecule has 1 aromatic rings. The number of hydrogen-bond acceptors (Lipinski definition) is 4. The molecule has 1 fully saturated rings. The summed E-state index contributed by atoms with van der Waals surface area (Å²) in [5, 5.41) is 1.78. The summed E-state index contributed by atoms with van der Waals surface area (Å²) in [6.45, 7) is 0. The quantitative estimate of drug-likeness (QED) is 0.628. The van der Waals surface area contributed by atoms with Gasteiger partial charge in [0, 0.05) is 5.56 Å². The SMILES string of the molecule is O=C1NC(=O)/C(=C\c2ccc3c(c2)OC(F)C3Br)S1. The standard InChI is InChI=1S/C12H7BrFNO3S/c13-9-6-2-1-5(3-7(6)18-10(9)14)4-8-11(16)15-12(17)19-8/h1-4,9-10H,(H,15,16,17)/b8-4+. The van der Waals surface area contributed by atoms with Gasteiger partial charge in [-0.05, 0) is 29.5 Å². The summed E-state index contributed by atoms with van der Waals surface area (Å²) in [4.78, 5) is 22.3. The van der Waals surface area contributed by atoms with Crippen molar-refractivity contribution in [1.29, 1.82) is 0 Å². The maximum atomic E-state index is 13.4. The van der Waals surface area contributed by atoms with Crippen LogP contribution in [-0.4, -0.2) is 17.5 Å². The number of thioether (sulfide) groups is 1. The van der Waals surface area contributed by atoms with E-state index >= 15 is 0 Å². The van der Waals surface area contributed by atoms with E-state index in [-0.39, 0.29) is 0 Å². The fourth-order valence-electron chi connectivity index (χ4n) is 1.87. The molecule has 0 bridgehead atoms. The minimum Gasteiger partial charge on any atom is -0.458 e. The lowest BCUT2D eigenvalue weighted by Crippen LogP contribution is -2.17. The molecule has 1 N–H and O–H groups in total. The third kappa shape index (κ3) is 2.28. The van der Waals surface area contributed by atoms with Crippen LogP contribution in [0, 0.1) is 0 Å². The largest absolute Gasteiger partial charge is 0.458 e. The van der Waals surface area contributed by atoms with E-state index in [0.29, 0.717) is 16.2 Å². The van der Waals surface area contributed by atoms with Crippen LogP contribution >= 0.6 is 27.7 Å². The Kier molecular flexibility index (Phi) is 3.10. The molecule has 2 heterocycles. The monoisotopic (exact) mass is 343 g/mol. The van der Waals surface area contributed by atoms with Gasteiger partial charge in [0.25, 0.3) is 17.5 Å². The van der Waals surface area contributed by atoms with Gasteiger partial charge in [0.15, 0.2) is 0 Å². The molecule has 2 atom stereocenters. The van der Waals surface area contributed by atoms with Gasteiger partial charge in [-0.15, -0.1) is 0 Å². The van der Waals surface area contributed by atoms with Crippen LogP contribution in [0.3, 0.4) is 0 Å². The van der Waals surface area contributed by atoms with Gasteiger partial charge in [0.2, 0.25) is 0 Å². The fourth-order valence-corrected chi connectivity index (χ4v) is 3.03. The van der Waals surface area contributed by atoms with E-state index in [2.05, 4.69) is 21.2 Å². The Hall–Kier alpha value is -1.34. The lowest BCUT2D eigenvalue weighted by Gasteiger charge is -2.01. The zero-order chi connectivity index (χ0) is 13.6. The van der Waals surface area contributed by atoms with E-state index in [1.54, 1.807) is 24.3 Å². The zero-order valence-electron chi connectivity index (χ0n) is 9.35. The summed E-state index contributed by atoms with van der Waals surface area (Å²) in [6, 6.07) is 5.13. The first-order valence-corrected chi connectivity index (χ1v) is 7.11. The van der Waals surface area contributed by atoms with E-state index in [9.17, 15) is 14.0 Å². The molecule has 7 heteroatoms. The van der Waals surface area contributed by atoms with Gasteiger partial charge in [0.05, 0.1) is 4.91 Å². The molecule has 0 aliphatic carbocycles. The molecular formula is C12H7BrFNO3S. The van der Waals surface area contributed by atoms with Gasteiger partial charge in [0.1, 0.15) is 10.6 Å². The summed E-state index contributed by atoms with van der Waals surface area (Å²) in [6.07, 6.45) is 0.159. The van der Waals surface area contributed by atoms with Crippen molar-refractivity contribution >= 4 is 44.9 Å². The first-order valence-electron chi connectivity index (χ1n) is 5.38. The third-order valence-electron chi connectivity index (χ3n) is 2.74. The number of imide groups is 1. The fraction of sp³-hybridized carbons (Fsp3) is 0.167. The molecule has 2 aliphatic rings. The number of amides is 2. The summed E-state index contributed by atoms with van der Waals surface area (Å²) in [7, 11) is 0. The second-order valence-corrected chi connectivity index (χ2v) is 6.02. The molecular weight excluding hydrogens is 337 g/mol. The number of carbonyl (C=O) groups excluding carboxylic acids is 2. The first kappa shape index (κ1) is 12.7. The number of ether oxygens (including phenoxy) is 1. The predicted octanol–water partition coefficient (Wildman–Crippen LogP) is 3.13. The molecule has 1 saturated heterocycles. The highest BCUT2D eigenvalue weighted by Gasteiger charge is 2.32. The molecule has 0 saturated carbocycles. The summed E-state index contributed by atoms with van der Waals surface area (Å²) in [5.74, 6) is 0.0246. The van der Waals surface area contributed by atoms with Crippen molar-refractivity contribution in [2.45, 2.75) is 11.2 Å². The van der Waals surface area contributed by atoms with Crippen molar-refractivity contribution in [3.8, 4) is 5.75 Å². The lowest BCUT2D eigenvalue weighted by atomic mass is 10.1. The van der Waals surface area contributed by atoms with Crippen LogP contribution in [0.2, 0.25) is 0 Å². The third-order valence-corrected chi connectivity index (χ3v) is 4.46. The Bertz CT molecular complexity index is 619. The number of halogens is 2. The first-order chi connectivity index (χ1) is 9.04. The molecule has 2 aliphatic heterocycles. The van der Waals surface area contributed by atoms with Crippen LogP contribution in [0.1, 0.15) is 16.0 Å². The molecule has 19 heavy (non-hydrogen) atoms. The normalized spacial score (nSPS) is 27.4. The second-order valence-electron chi connectivity index (χ2n) is 4.02. The predicted molar refractivity (Wildman–Crippen MR) is 72.7 cm³/mol. The van der Waals surface area contributed by atoms with Gasteiger partial charge in [-0.1, -0.05) is 28.1 Å². The van der Waals surface area contributed by atoms with E-state index in [1.165, 1.54) is 0 Å². The van der Waals surface area contributed by atoms with E-state index < -0.39 is 22.3 Å². The molecule has 0 radical (unpaired) electrons. The Labute approximate surface area is 120 Å². The van der Waals surface area contributed by atoms with Gasteiger partial charge >= 0.3 is 0 Å². The average molecular weight is 344 g/mol. The van der Waals surface area contributed by atoms with Crippen molar-refractivity contribution in [2.24, 2.45) is 0 Å². The summed E-state index contributed by atoms with van der Waals surface area (Å²) in [5.41, 5.74) is 1.41. The van der Waals surface area contributed by atoms with Gasteiger partial charge in [-0.25, -0.2) is 4.39 Å². The Morgan fingerprint density at radius 1 is 1.42 bits per heavy atom. The molecule has 2 amide bonds. The minimum atomic E-state index is -1.41. The smallest absolute Gasteiger partial charge is 0.290 e. The molecule has 3 rings (SSSR count). The maximum absolute atomic E-state index is 13.4. The van der Waals surface area contributed by atoms with Crippen LogP contribution in [-0.2, 0) is 4.79 Å². The van der Waals surface area contributed by atoms with Gasteiger partial charge in [-0.3, -0.25) is 14.9 Å². The lowest BCUT2D eigenvalue weighted by molar-refractivity contribution is -0.115. The molecule has 0 aromatic heterocycles. The van der Waals surface area contributed by atoms with E-state index in [1.807, 2.05) is 0 Å². The second kappa shape index (κ2) is 4.64. The summed E-state index contributed by atoms with van der Waals surface area (Å²) >= 11 is 4.04. The Morgan fingerprint density at radius 3 is 2.89 bits per heavy atom. The Balaban J connectivity index is 1.93. The highest BCUT2D eigenvalue weighted by molar-refractivity contribution is 9.09. The number of rotatable bonds is 1. The van der Waals surface area contributed by atoms with Crippen LogP contribution in [0.15, 0.2) is 23.1 Å².